The van der Waals surface area contributed by atoms with Crippen molar-refractivity contribution in [3.63, 3.8) is 0 Å². The molecule has 4 heteroatoms. The lowest BCUT2D eigenvalue weighted by atomic mass is 9.96. The lowest BCUT2D eigenvalue weighted by Crippen LogP contribution is -2.34. The summed E-state index contributed by atoms with van der Waals surface area (Å²) in [5.74, 6) is 2.52. The number of nitrogens with zero attached hydrogens (tertiary/aromatic N) is 3. The predicted octanol–water partition coefficient (Wildman–Crippen LogP) is 3.22. The van der Waals surface area contributed by atoms with E-state index in [9.17, 15) is 0 Å². The van der Waals surface area contributed by atoms with Crippen LogP contribution in [0.3, 0.4) is 0 Å². The molecule has 0 atom stereocenters. The molecule has 0 bridgehead atoms. The van der Waals surface area contributed by atoms with Crippen molar-refractivity contribution < 1.29 is 0 Å². The Kier molecular flexibility index (Phi) is 5.39. The zero-order chi connectivity index (χ0) is 14.4. The number of likely N-dealkylation sites (tertiary alicyclic amines) is 1. The van der Waals surface area contributed by atoms with Crippen LogP contribution in [-0.4, -0.2) is 34.5 Å². The fourth-order valence-electron chi connectivity index (χ4n) is 2.72. The van der Waals surface area contributed by atoms with E-state index in [4.69, 9.17) is 0 Å². The number of hydrogen-bond donors (Lipinski definition) is 1. The van der Waals surface area contributed by atoms with Gasteiger partial charge in [-0.15, -0.1) is 0 Å². The van der Waals surface area contributed by atoms with Crippen LogP contribution in [-0.2, 0) is 0 Å². The van der Waals surface area contributed by atoms with Crippen LogP contribution < -0.4 is 5.32 Å². The van der Waals surface area contributed by atoms with Crippen LogP contribution in [0.5, 0.6) is 0 Å². The first kappa shape index (κ1) is 14.8. The van der Waals surface area contributed by atoms with Gasteiger partial charge in [0.05, 0.1) is 0 Å². The normalized spacial score (nSPS) is 17.4. The zero-order valence-electron chi connectivity index (χ0n) is 12.9. The molecule has 0 aromatic carbocycles. The zero-order valence-corrected chi connectivity index (χ0v) is 12.9. The van der Waals surface area contributed by atoms with Crippen molar-refractivity contribution >= 4 is 5.82 Å². The molecule has 1 saturated heterocycles. The molecule has 1 aromatic heterocycles. The van der Waals surface area contributed by atoms with E-state index >= 15 is 0 Å². The Bertz CT molecular complexity index is 448. The number of anilines is 1. The van der Waals surface area contributed by atoms with E-state index in [1.807, 2.05) is 19.2 Å². The summed E-state index contributed by atoms with van der Waals surface area (Å²) >= 11 is 0. The highest BCUT2D eigenvalue weighted by Crippen LogP contribution is 2.20. The number of nitrogens with one attached hydrogen (secondary N) is 1. The van der Waals surface area contributed by atoms with Crippen LogP contribution >= 0.6 is 0 Å². The van der Waals surface area contributed by atoms with Crippen LogP contribution in [0.1, 0.15) is 38.9 Å². The third-order valence-electron chi connectivity index (χ3n) is 3.96. The highest BCUT2D eigenvalue weighted by atomic mass is 15.1. The van der Waals surface area contributed by atoms with Crippen LogP contribution in [0.2, 0.25) is 0 Å². The number of aromatic nitrogens is 2. The lowest BCUT2D eigenvalue weighted by molar-refractivity contribution is 0.233. The van der Waals surface area contributed by atoms with Crippen molar-refractivity contribution in [2.45, 2.75) is 40.0 Å². The van der Waals surface area contributed by atoms with Gasteiger partial charge in [0.1, 0.15) is 11.6 Å². The predicted molar refractivity (Wildman–Crippen MR) is 83.6 cm³/mol. The molecule has 0 spiro atoms. The molecule has 20 heavy (non-hydrogen) atoms. The van der Waals surface area contributed by atoms with Gasteiger partial charge in [-0.2, -0.15) is 0 Å². The van der Waals surface area contributed by atoms with Crippen molar-refractivity contribution in [1.82, 2.24) is 14.9 Å². The van der Waals surface area contributed by atoms with E-state index in [1.54, 1.807) is 0 Å². The highest BCUT2D eigenvalue weighted by Gasteiger charge is 2.18. The molecule has 1 aromatic rings. The smallest absolute Gasteiger partial charge is 0.129 e. The molecule has 2 heterocycles. The number of piperidine rings is 1. The molecular weight excluding hydrogens is 248 g/mol. The van der Waals surface area contributed by atoms with Gasteiger partial charge in [0.25, 0.3) is 0 Å². The maximum absolute atomic E-state index is 4.38. The molecule has 1 aliphatic heterocycles. The van der Waals surface area contributed by atoms with Crippen LogP contribution in [0, 0.1) is 12.8 Å². The summed E-state index contributed by atoms with van der Waals surface area (Å²) in [4.78, 5) is 11.0. The first-order valence-corrected chi connectivity index (χ1v) is 7.64. The van der Waals surface area contributed by atoms with Crippen molar-refractivity contribution in [3.05, 3.63) is 29.9 Å². The third-order valence-corrected chi connectivity index (χ3v) is 3.96. The second-order valence-electron chi connectivity index (χ2n) is 5.55. The SMILES string of the molecule is CC/C=C(\C)N1CCC(CNc2ccnc(C)n2)CC1. The van der Waals surface area contributed by atoms with E-state index < -0.39 is 0 Å². The minimum absolute atomic E-state index is 0.746. The lowest BCUT2D eigenvalue weighted by Gasteiger charge is -2.34. The standard InChI is InChI=1S/C16H26N4/c1-4-5-13(2)20-10-7-15(8-11-20)12-18-16-6-9-17-14(3)19-16/h5-6,9,15H,4,7-8,10-12H2,1-3H3,(H,17,18,19)/b13-5+. The fraction of sp³-hybridized carbons (Fsp3) is 0.625. The molecule has 0 saturated carbocycles. The number of allylic oxidation sites excluding steroid dienone is 2. The molecule has 0 amide bonds. The van der Waals surface area contributed by atoms with E-state index in [-0.39, 0.29) is 0 Å². The number of hydrogen-bond acceptors (Lipinski definition) is 4. The number of aryl methyl sites for hydroxylation is 1. The maximum atomic E-state index is 4.38. The molecule has 2 rings (SSSR count). The molecule has 0 radical (unpaired) electrons. The average molecular weight is 274 g/mol. The van der Waals surface area contributed by atoms with Gasteiger partial charge in [-0.25, -0.2) is 9.97 Å². The topological polar surface area (TPSA) is 41.0 Å². The second-order valence-corrected chi connectivity index (χ2v) is 5.55. The monoisotopic (exact) mass is 274 g/mol. The van der Waals surface area contributed by atoms with Gasteiger partial charge in [0.15, 0.2) is 0 Å². The van der Waals surface area contributed by atoms with E-state index in [2.05, 4.69) is 40.1 Å². The Balaban J connectivity index is 1.76. The summed E-state index contributed by atoms with van der Waals surface area (Å²) in [6, 6.07) is 1.94. The summed E-state index contributed by atoms with van der Waals surface area (Å²) in [7, 11) is 0. The summed E-state index contributed by atoms with van der Waals surface area (Å²) in [6.07, 6.45) is 7.77. The van der Waals surface area contributed by atoms with E-state index in [0.717, 1.165) is 30.5 Å². The Hall–Kier alpha value is -1.58. The van der Waals surface area contributed by atoms with Gasteiger partial charge < -0.3 is 10.2 Å². The Morgan fingerprint density at radius 2 is 2.20 bits per heavy atom. The fourth-order valence-corrected chi connectivity index (χ4v) is 2.72. The molecule has 110 valence electrons. The summed E-state index contributed by atoms with van der Waals surface area (Å²) in [6.45, 7) is 9.72. The van der Waals surface area contributed by atoms with Gasteiger partial charge >= 0.3 is 0 Å². The van der Waals surface area contributed by atoms with Crippen LogP contribution in [0.4, 0.5) is 5.82 Å². The highest BCUT2D eigenvalue weighted by molar-refractivity contribution is 5.32. The first-order valence-electron chi connectivity index (χ1n) is 7.64. The van der Waals surface area contributed by atoms with Gasteiger partial charge in [-0.3, -0.25) is 0 Å². The molecule has 0 unspecified atom stereocenters. The largest absolute Gasteiger partial charge is 0.375 e. The summed E-state index contributed by atoms with van der Waals surface area (Å²) < 4.78 is 0. The van der Waals surface area contributed by atoms with Gasteiger partial charge in [0, 0.05) is 31.5 Å². The van der Waals surface area contributed by atoms with Crippen molar-refractivity contribution in [2.75, 3.05) is 25.0 Å². The quantitative estimate of drug-likeness (QED) is 0.895. The van der Waals surface area contributed by atoms with Crippen molar-refractivity contribution in [2.24, 2.45) is 5.92 Å². The number of rotatable bonds is 5. The summed E-state index contributed by atoms with van der Waals surface area (Å²) in [5, 5.41) is 3.44. The van der Waals surface area contributed by atoms with Gasteiger partial charge in [-0.05, 0) is 45.1 Å². The Morgan fingerprint density at radius 3 is 2.85 bits per heavy atom. The first-order chi connectivity index (χ1) is 9.69. The van der Waals surface area contributed by atoms with Gasteiger partial charge in [-0.1, -0.05) is 13.0 Å². The summed E-state index contributed by atoms with van der Waals surface area (Å²) in [5.41, 5.74) is 1.44. The van der Waals surface area contributed by atoms with Crippen molar-refractivity contribution in [3.8, 4) is 0 Å². The molecule has 4 nitrogen and oxygen atoms in total. The third kappa shape index (κ3) is 4.22. The second kappa shape index (κ2) is 7.27. The molecule has 1 N–H and O–H groups in total. The van der Waals surface area contributed by atoms with E-state index in [0.29, 0.717) is 0 Å². The minimum Gasteiger partial charge on any atom is -0.375 e. The Labute approximate surface area is 122 Å². The molecular formula is C16H26N4. The molecule has 1 fully saturated rings. The van der Waals surface area contributed by atoms with Crippen LogP contribution in [0.25, 0.3) is 0 Å². The van der Waals surface area contributed by atoms with E-state index in [1.165, 1.54) is 31.6 Å². The maximum Gasteiger partial charge on any atom is 0.129 e. The average Bonchev–Trinajstić information content (AvgIpc) is 2.46. The van der Waals surface area contributed by atoms with Gasteiger partial charge in [0.2, 0.25) is 0 Å². The van der Waals surface area contributed by atoms with Crippen molar-refractivity contribution in [1.29, 1.82) is 0 Å². The van der Waals surface area contributed by atoms with Crippen LogP contribution in [0.15, 0.2) is 24.0 Å². The molecule has 1 aliphatic rings. The molecule has 0 aliphatic carbocycles. The minimum atomic E-state index is 0.746. The Morgan fingerprint density at radius 1 is 1.45 bits per heavy atom.